The Labute approximate surface area is 150 Å². The molecule has 1 amide bonds. The Kier molecular flexibility index (Phi) is 5.08. The number of rotatable bonds is 5. The summed E-state index contributed by atoms with van der Waals surface area (Å²) in [6, 6.07) is 6.23. The molecule has 1 aliphatic heterocycles. The van der Waals surface area contributed by atoms with Crippen LogP contribution < -0.4 is 10.9 Å². The highest BCUT2D eigenvalue weighted by molar-refractivity contribution is 7.89. The van der Waals surface area contributed by atoms with Gasteiger partial charge in [0.1, 0.15) is 0 Å². The van der Waals surface area contributed by atoms with Crippen LogP contribution in [0.2, 0.25) is 0 Å². The van der Waals surface area contributed by atoms with Crippen LogP contribution in [0.1, 0.15) is 10.6 Å². The molecule has 0 unspecified atom stereocenters. The van der Waals surface area contributed by atoms with Crippen LogP contribution in [-0.2, 0) is 14.8 Å². The van der Waals surface area contributed by atoms with Crippen molar-refractivity contribution in [2.45, 2.75) is 6.04 Å². The normalized spacial score (nSPS) is 20.6. The summed E-state index contributed by atoms with van der Waals surface area (Å²) in [6.45, 7) is 0.441. The molecule has 3 rings (SSSR count). The number of hydrogen-bond donors (Lipinski definition) is 2. The van der Waals surface area contributed by atoms with E-state index in [4.69, 9.17) is 4.74 Å². The second-order valence-electron chi connectivity index (χ2n) is 6.37. The average molecular weight is 380 g/mol. The SMILES string of the molecule is CN(C)S(=O)(=O)C[C@@H]1COC[C@@H]1NC(=O)c1nc2ccccc2c(=O)[nH]1. The smallest absolute Gasteiger partial charge is 0.287 e. The Morgan fingerprint density at radius 3 is 2.81 bits per heavy atom. The van der Waals surface area contributed by atoms with Crippen molar-refractivity contribution in [2.75, 3.05) is 33.1 Å². The molecule has 0 aliphatic carbocycles. The molecule has 26 heavy (non-hydrogen) atoms. The Morgan fingerprint density at radius 2 is 2.08 bits per heavy atom. The maximum atomic E-state index is 12.5. The molecule has 0 radical (unpaired) electrons. The number of nitrogens with one attached hydrogen (secondary N) is 2. The second-order valence-corrected chi connectivity index (χ2v) is 8.60. The Balaban J connectivity index is 1.78. The minimum absolute atomic E-state index is 0.116. The number of aromatic amines is 1. The number of fused-ring (bicyclic) bond motifs is 1. The number of H-pyrrole nitrogens is 1. The molecule has 1 aromatic carbocycles. The van der Waals surface area contributed by atoms with Crippen molar-refractivity contribution in [3.63, 3.8) is 0 Å². The fourth-order valence-corrected chi connectivity index (χ4v) is 3.94. The van der Waals surface area contributed by atoms with Gasteiger partial charge in [0.2, 0.25) is 10.0 Å². The molecular formula is C16H20N4O5S. The van der Waals surface area contributed by atoms with Crippen LogP contribution in [0.15, 0.2) is 29.1 Å². The summed E-state index contributed by atoms with van der Waals surface area (Å²) in [7, 11) is -0.500. The molecule has 140 valence electrons. The van der Waals surface area contributed by atoms with Crippen LogP contribution >= 0.6 is 0 Å². The van der Waals surface area contributed by atoms with Gasteiger partial charge in [-0.25, -0.2) is 17.7 Å². The summed E-state index contributed by atoms with van der Waals surface area (Å²) < 4.78 is 30.6. The molecule has 9 nitrogen and oxygen atoms in total. The van der Waals surface area contributed by atoms with Gasteiger partial charge >= 0.3 is 0 Å². The number of benzene rings is 1. The van der Waals surface area contributed by atoms with Crippen LogP contribution in [0.25, 0.3) is 10.9 Å². The van der Waals surface area contributed by atoms with Crippen LogP contribution in [0.4, 0.5) is 0 Å². The predicted molar refractivity (Wildman–Crippen MR) is 95.4 cm³/mol. The van der Waals surface area contributed by atoms with Gasteiger partial charge in [-0.2, -0.15) is 0 Å². The van der Waals surface area contributed by atoms with Crippen LogP contribution in [0.5, 0.6) is 0 Å². The van der Waals surface area contributed by atoms with Crippen molar-refractivity contribution in [2.24, 2.45) is 5.92 Å². The minimum atomic E-state index is -3.42. The van der Waals surface area contributed by atoms with E-state index < -0.39 is 27.5 Å². The van der Waals surface area contributed by atoms with E-state index in [2.05, 4.69) is 15.3 Å². The van der Waals surface area contributed by atoms with Gasteiger partial charge in [-0.1, -0.05) is 12.1 Å². The molecule has 1 saturated heterocycles. The van der Waals surface area contributed by atoms with Crippen molar-refractivity contribution in [3.05, 3.63) is 40.4 Å². The van der Waals surface area contributed by atoms with E-state index in [-0.39, 0.29) is 30.7 Å². The lowest BCUT2D eigenvalue weighted by Crippen LogP contribution is -2.44. The third-order valence-corrected chi connectivity index (χ3v) is 6.29. The summed E-state index contributed by atoms with van der Waals surface area (Å²) in [5.41, 5.74) is 0.00552. The summed E-state index contributed by atoms with van der Waals surface area (Å²) in [4.78, 5) is 31.2. The number of carbonyl (C=O) groups is 1. The van der Waals surface area contributed by atoms with Gasteiger partial charge in [-0.3, -0.25) is 9.59 Å². The molecule has 1 aromatic heterocycles. The Bertz CT molecular complexity index is 986. The zero-order chi connectivity index (χ0) is 18.9. The number of carbonyl (C=O) groups excluding carboxylic acids is 1. The first kappa shape index (κ1) is 18.5. The Hall–Kier alpha value is -2.30. The number of sulfonamides is 1. The molecule has 0 saturated carbocycles. The van der Waals surface area contributed by atoms with Gasteiger partial charge in [0.15, 0.2) is 5.82 Å². The molecule has 0 spiro atoms. The van der Waals surface area contributed by atoms with E-state index in [1.165, 1.54) is 14.1 Å². The first-order chi connectivity index (χ1) is 12.3. The van der Waals surface area contributed by atoms with E-state index in [0.29, 0.717) is 10.9 Å². The first-order valence-electron chi connectivity index (χ1n) is 8.06. The second kappa shape index (κ2) is 7.14. The van der Waals surface area contributed by atoms with Crippen LogP contribution in [0.3, 0.4) is 0 Å². The average Bonchev–Trinajstić information content (AvgIpc) is 3.00. The highest BCUT2D eigenvalue weighted by atomic mass is 32.2. The largest absolute Gasteiger partial charge is 0.379 e. The van der Waals surface area contributed by atoms with E-state index >= 15 is 0 Å². The zero-order valence-electron chi connectivity index (χ0n) is 14.4. The number of amides is 1. The fraction of sp³-hybridized carbons (Fsp3) is 0.438. The van der Waals surface area contributed by atoms with E-state index in [0.717, 1.165) is 4.31 Å². The summed E-state index contributed by atoms with van der Waals surface area (Å²) in [6.07, 6.45) is 0. The van der Waals surface area contributed by atoms with Gasteiger partial charge in [-0.05, 0) is 12.1 Å². The van der Waals surface area contributed by atoms with Gasteiger partial charge in [0.25, 0.3) is 11.5 Å². The fourth-order valence-electron chi connectivity index (χ4n) is 2.77. The number of nitrogens with zero attached hydrogens (tertiary/aromatic N) is 2. The van der Waals surface area contributed by atoms with Gasteiger partial charge in [-0.15, -0.1) is 0 Å². The maximum Gasteiger partial charge on any atom is 0.287 e. The number of para-hydroxylation sites is 1. The molecule has 2 aromatic rings. The molecule has 0 bridgehead atoms. The maximum absolute atomic E-state index is 12.5. The quantitative estimate of drug-likeness (QED) is 0.725. The number of hydrogen-bond acceptors (Lipinski definition) is 6. The van der Waals surface area contributed by atoms with Crippen molar-refractivity contribution in [3.8, 4) is 0 Å². The zero-order valence-corrected chi connectivity index (χ0v) is 15.2. The number of aromatic nitrogens is 2. The van der Waals surface area contributed by atoms with E-state index in [9.17, 15) is 18.0 Å². The minimum Gasteiger partial charge on any atom is -0.379 e. The van der Waals surface area contributed by atoms with Gasteiger partial charge in [0, 0.05) is 20.0 Å². The standard InChI is InChI=1S/C16H20N4O5S/c1-20(2)26(23,24)9-10-7-25-8-13(10)18-16(22)14-17-12-6-4-3-5-11(12)15(21)19-14/h3-6,10,13H,7-9H2,1-2H3,(H,18,22)(H,17,19,21)/t10-,13-/m0/s1. The lowest BCUT2D eigenvalue weighted by Gasteiger charge is -2.20. The van der Waals surface area contributed by atoms with Crippen molar-refractivity contribution < 1.29 is 17.9 Å². The van der Waals surface area contributed by atoms with E-state index in [1.807, 2.05) is 0 Å². The molecular weight excluding hydrogens is 360 g/mol. The molecule has 1 aliphatic rings. The van der Waals surface area contributed by atoms with E-state index in [1.54, 1.807) is 24.3 Å². The first-order valence-corrected chi connectivity index (χ1v) is 9.67. The highest BCUT2D eigenvalue weighted by Crippen LogP contribution is 2.17. The monoisotopic (exact) mass is 380 g/mol. The Morgan fingerprint density at radius 1 is 1.35 bits per heavy atom. The number of ether oxygens (including phenoxy) is 1. The van der Waals surface area contributed by atoms with Crippen LogP contribution in [0, 0.1) is 5.92 Å². The molecule has 2 heterocycles. The molecule has 2 atom stereocenters. The third kappa shape index (κ3) is 3.76. The summed E-state index contributed by atoms with van der Waals surface area (Å²) in [5.74, 6) is -1.20. The lowest BCUT2D eigenvalue weighted by atomic mass is 10.1. The molecule has 10 heteroatoms. The van der Waals surface area contributed by atoms with Gasteiger partial charge < -0.3 is 15.0 Å². The lowest BCUT2D eigenvalue weighted by molar-refractivity contribution is 0.0915. The van der Waals surface area contributed by atoms with Crippen molar-refractivity contribution >= 4 is 26.8 Å². The molecule has 2 N–H and O–H groups in total. The molecule has 1 fully saturated rings. The van der Waals surface area contributed by atoms with Crippen molar-refractivity contribution in [1.82, 2.24) is 19.6 Å². The summed E-state index contributed by atoms with van der Waals surface area (Å²) >= 11 is 0. The van der Waals surface area contributed by atoms with Crippen molar-refractivity contribution in [1.29, 1.82) is 0 Å². The van der Waals surface area contributed by atoms with Crippen LogP contribution in [-0.4, -0.2) is 67.7 Å². The van der Waals surface area contributed by atoms with Gasteiger partial charge in [0.05, 0.1) is 35.9 Å². The third-order valence-electron chi connectivity index (χ3n) is 4.32. The topological polar surface area (TPSA) is 121 Å². The highest BCUT2D eigenvalue weighted by Gasteiger charge is 2.34. The summed E-state index contributed by atoms with van der Waals surface area (Å²) in [5, 5.41) is 3.11. The predicted octanol–water partition coefficient (Wildman–Crippen LogP) is -0.441.